The Bertz CT molecular complexity index is 1910. The van der Waals surface area contributed by atoms with E-state index in [-0.39, 0.29) is 17.9 Å². The first-order valence-electron chi connectivity index (χ1n) is 17.4. The number of halogens is 1. The zero-order valence-corrected chi connectivity index (χ0v) is 29.5. The van der Waals surface area contributed by atoms with Gasteiger partial charge in [-0.1, -0.05) is 42.8 Å². The number of likely N-dealkylation sites (N-methyl/N-ethyl adjacent to an activating group) is 1. The zero-order valence-electron chi connectivity index (χ0n) is 28.7. The van der Waals surface area contributed by atoms with E-state index in [2.05, 4.69) is 27.4 Å². The highest BCUT2D eigenvalue weighted by atomic mass is 35.5. The fraction of sp³-hybridized carbons (Fsp3) is 0.459. The Morgan fingerprint density at radius 3 is 2.06 bits per heavy atom. The van der Waals surface area contributed by atoms with Crippen molar-refractivity contribution in [3.05, 3.63) is 81.4 Å². The number of hydrogen-bond donors (Lipinski definition) is 3. The van der Waals surface area contributed by atoms with Crippen LogP contribution in [-0.2, 0) is 40.0 Å². The molecular weight excluding hydrogens is 640 g/mol. The van der Waals surface area contributed by atoms with Gasteiger partial charge < -0.3 is 24.9 Å². The van der Waals surface area contributed by atoms with Gasteiger partial charge in [-0.25, -0.2) is 9.97 Å². The molecule has 7 rings (SSSR count). The lowest BCUT2D eigenvalue weighted by atomic mass is 9.91. The molecule has 11 nitrogen and oxygen atoms in total. The van der Waals surface area contributed by atoms with Crippen molar-refractivity contribution in [1.82, 2.24) is 28.9 Å². The summed E-state index contributed by atoms with van der Waals surface area (Å²) in [4.78, 5) is 41.4. The average molecular weight is 685 g/mol. The number of nitrogens with one attached hydrogen (secondary N) is 2. The molecule has 258 valence electrons. The van der Waals surface area contributed by atoms with Gasteiger partial charge in [0.2, 0.25) is 0 Å². The van der Waals surface area contributed by atoms with E-state index in [1.165, 1.54) is 0 Å². The van der Waals surface area contributed by atoms with Crippen LogP contribution in [-0.4, -0.2) is 77.6 Å². The number of amides is 2. The molecule has 1 fully saturated rings. The number of hydrogen-bond acceptors (Lipinski definition) is 7. The monoisotopic (exact) mass is 684 g/mol. The zero-order chi connectivity index (χ0) is 34.4. The molecule has 0 radical (unpaired) electrons. The minimum Gasteiger partial charge on any atom is -0.393 e. The number of aromatic nitrogens is 4. The molecule has 0 saturated heterocycles. The Balaban J connectivity index is 1.08. The van der Waals surface area contributed by atoms with E-state index in [0.717, 1.165) is 111 Å². The first kappa shape index (κ1) is 33.5. The molecule has 1 aliphatic carbocycles. The molecule has 2 aromatic heterocycles. The van der Waals surface area contributed by atoms with Gasteiger partial charge >= 0.3 is 0 Å². The molecule has 0 bridgehead atoms. The minimum atomic E-state index is -0.310. The molecule has 1 saturated carbocycles. The van der Waals surface area contributed by atoms with Crippen LogP contribution in [0.25, 0.3) is 11.1 Å². The molecule has 0 atom stereocenters. The first-order chi connectivity index (χ1) is 23.6. The highest BCUT2D eigenvalue weighted by Crippen LogP contribution is 2.38. The number of anilines is 2. The number of nitrogens with zero attached hydrogens (tertiary/aromatic N) is 6. The van der Waals surface area contributed by atoms with Gasteiger partial charge in [0.05, 0.1) is 28.2 Å². The van der Waals surface area contributed by atoms with E-state index in [1.54, 1.807) is 6.07 Å². The second kappa shape index (κ2) is 13.7. The molecule has 3 N–H and O–H groups in total. The van der Waals surface area contributed by atoms with Gasteiger partial charge in [0.25, 0.3) is 11.8 Å². The van der Waals surface area contributed by atoms with Crippen LogP contribution in [0.15, 0.2) is 36.4 Å². The maximum atomic E-state index is 13.7. The maximum absolute atomic E-state index is 13.7. The van der Waals surface area contributed by atoms with E-state index in [4.69, 9.17) is 21.6 Å². The van der Waals surface area contributed by atoms with E-state index >= 15 is 0 Å². The van der Waals surface area contributed by atoms with Crippen molar-refractivity contribution in [3.63, 3.8) is 0 Å². The quantitative estimate of drug-likeness (QED) is 0.241. The summed E-state index contributed by atoms with van der Waals surface area (Å²) in [7, 11) is 3.80. The summed E-state index contributed by atoms with van der Waals surface area (Å²) in [6.45, 7) is 8.37. The van der Waals surface area contributed by atoms with E-state index < -0.39 is 0 Å². The molecule has 0 unspecified atom stereocenters. The van der Waals surface area contributed by atoms with Crippen molar-refractivity contribution in [3.8, 4) is 11.1 Å². The molecular formula is C37H45ClN8O3. The second-order valence-electron chi connectivity index (χ2n) is 13.6. The van der Waals surface area contributed by atoms with Crippen molar-refractivity contribution >= 4 is 34.8 Å². The number of aliphatic hydroxyl groups is 1. The summed E-state index contributed by atoms with van der Waals surface area (Å²) in [5, 5.41) is 16.4. The number of aliphatic hydroxyl groups excluding tert-OH is 1. The van der Waals surface area contributed by atoms with Crippen LogP contribution in [0.2, 0.25) is 5.02 Å². The van der Waals surface area contributed by atoms with Gasteiger partial charge in [-0.3, -0.25) is 19.4 Å². The Kier molecular flexibility index (Phi) is 9.36. The molecule has 0 spiro atoms. The van der Waals surface area contributed by atoms with Crippen LogP contribution in [0.4, 0.5) is 11.4 Å². The number of fused-ring (bicyclic) bond motifs is 2. The fourth-order valence-electron chi connectivity index (χ4n) is 7.80. The Morgan fingerprint density at radius 1 is 0.837 bits per heavy atom. The van der Waals surface area contributed by atoms with E-state index in [0.29, 0.717) is 34.1 Å². The number of carbonyl (C=O) groups is 2. The summed E-state index contributed by atoms with van der Waals surface area (Å²) in [5.74, 6) is 0.172. The third-order valence-electron chi connectivity index (χ3n) is 10.8. The van der Waals surface area contributed by atoms with Crippen LogP contribution in [0.5, 0.6) is 0 Å². The van der Waals surface area contributed by atoms with Crippen LogP contribution in [0, 0.1) is 6.92 Å². The van der Waals surface area contributed by atoms with Gasteiger partial charge in [-0.05, 0) is 62.4 Å². The molecule has 2 aromatic carbocycles. The average Bonchev–Trinajstić information content (AvgIpc) is 3.62. The smallest absolute Gasteiger partial charge is 0.291 e. The molecule has 2 aliphatic heterocycles. The molecule has 12 heteroatoms. The van der Waals surface area contributed by atoms with Crippen molar-refractivity contribution in [2.75, 3.05) is 30.3 Å². The summed E-state index contributed by atoms with van der Waals surface area (Å²) < 4.78 is 3.81. The summed E-state index contributed by atoms with van der Waals surface area (Å²) in [6.07, 6.45) is 5.19. The normalized spacial score (nSPS) is 19.7. The Hall–Kier alpha value is -4.03. The van der Waals surface area contributed by atoms with Gasteiger partial charge in [0, 0.05) is 81.8 Å². The predicted molar refractivity (Wildman–Crippen MR) is 191 cm³/mol. The topological polar surface area (TPSA) is 121 Å². The lowest BCUT2D eigenvalue weighted by Gasteiger charge is -2.37. The highest BCUT2D eigenvalue weighted by Gasteiger charge is 2.31. The predicted octanol–water partition coefficient (Wildman–Crippen LogP) is 5.33. The van der Waals surface area contributed by atoms with Crippen LogP contribution in [0.1, 0.15) is 82.2 Å². The number of imidazole rings is 2. The number of carbonyl (C=O) groups excluding carboxylic acids is 2. The lowest BCUT2D eigenvalue weighted by molar-refractivity contribution is 0.0668. The van der Waals surface area contributed by atoms with E-state index in [1.807, 2.05) is 60.5 Å². The molecule has 3 aliphatic rings. The van der Waals surface area contributed by atoms with Crippen molar-refractivity contribution in [2.45, 2.75) is 77.6 Å². The summed E-state index contributed by atoms with van der Waals surface area (Å²) in [6, 6.07) is 11.7. The van der Waals surface area contributed by atoms with Crippen molar-refractivity contribution in [1.29, 1.82) is 0 Å². The lowest BCUT2D eigenvalue weighted by Crippen LogP contribution is -2.42. The highest BCUT2D eigenvalue weighted by molar-refractivity contribution is 6.36. The fourth-order valence-corrected chi connectivity index (χ4v) is 8.07. The second-order valence-corrected chi connectivity index (χ2v) is 14.0. The number of benzene rings is 2. The third kappa shape index (κ3) is 6.40. The first-order valence-corrected chi connectivity index (χ1v) is 17.7. The van der Waals surface area contributed by atoms with Gasteiger partial charge in [0.15, 0.2) is 11.6 Å². The van der Waals surface area contributed by atoms with Crippen LogP contribution in [0.3, 0.4) is 0 Å². The van der Waals surface area contributed by atoms with Gasteiger partial charge in [-0.15, -0.1) is 0 Å². The molecule has 4 heterocycles. The minimum absolute atomic E-state index is 0.181. The Labute approximate surface area is 292 Å². The molecule has 49 heavy (non-hydrogen) atoms. The SMILES string of the molecule is CCN1CCc2c(nc(C(=O)Nc3cccc(-c4cccc(NC(=O)c5nc6c(n5C)CCN(C5CCC(O)CC5)C6)c4C)c3Cl)n2C)C1. The summed E-state index contributed by atoms with van der Waals surface area (Å²) in [5.41, 5.74) is 7.69. The number of rotatable bonds is 7. The Morgan fingerprint density at radius 2 is 1.41 bits per heavy atom. The largest absolute Gasteiger partial charge is 0.393 e. The van der Waals surface area contributed by atoms with Crippen molar-refractivity contribution < 1.29 is 14.7 Å². The standard InChI is InChI=1S/C37H45ClN8O3/c1-5-45-18-16-31-29(20-45)39-35(43(31)3)37(49)42-28-11-7-9-26(33(28)38)25-8-6-10-27(22(25)2)41-36(48)34-40-30-21-46(19-17-32(30)44(34)4)23-12-14-24(47)15-13-23/h6-11,23-24,47H,5,12-21H2,1-4H3,(H,41,48)(H,42,49). The maximum Gasteiger partial charge on any atom is 0.291 e. The van der Waals surface area contributed by atoms with E-state index in [9.17, 15) is 14.7 Å². The van der Waals surface area contributed by atoms with Gasteiger partial charge in [-0.2, -0.15) is 0 Å². The third-order valence-corrected chi connectivity index (χ3v) is 11.2. The molecule has 4 aromatic rings. The summed E-state index contributed by atoms with van der Waals surface area (Å²) >= 11 is 6.97. The van der Waals surface area contributed by atoms with Crippen molar-refractivity contribution in [2.24, 2.45) is 14.1 Å². The van der Waals surface area contributed by atoms with Crippen LogP contribution >= 0.6 is 11.6 Å². The molecule has 2 amide bonds. The van der Waals surface area contributed by atoms with Crippen LogP contribution < -0.4 is 10.6 Å². The van der Waals surface area contributed by atoms with Gasteiger partial charge in [0.1, 0.15) is 0 Å².